The fourth-order valence-electron chi connectivity index (χ4n) is 4.12. The van der Waals surface area contributed by atoms with Crippen LogP contribution in [0.1, 0.15) is 40.5 Å². The van der Waals surface area contributed by atoms with Crippen molar-refractivity contribution in [3.05, 3.63) is 90.0 Å². The van der Waals surface area contributed by atoms with E-state index in [1.165, 1.54) is 0 Å². The van der Waals surface area contributed by atoms with E-state index in [0.29, 0.717) is 23.4 Å². The second-order valence-electron chi connectivity index (χ2n) is 8.44. The highest BCUT2D eigenvalue weighted by molar-refractivity contribution is 6.06. The molecule has 0 spiro atoms. The number of nitrogens with one attached hydrogen (secondary N) is 2. The maximum Gasteiger partial charge on any atom is 0.258 e. The van der Waals surface area contributed by atoms with Crippen LogP contribution in [0.3, 0.4) is 0 Å². The van der Waals surface area contributed by atoms with Crippen molar-refractivity contribution in [2.45, 2.75) is 19.8 Å². The van der Waals surface area contributed by atoms with Gasteiger partial charge in [0.1, 0.15) is 0 Å². The lowest BCUT2D eigenvalue weighted by atomic mass is 10.1. The predicted molar refractivity (Wildman–Crippen MR) is 139 cm³/mol. The Kier molecular flexibility index (Phi) is 7.77. The maximum atomic E-state index is 12.9. The van der Waals surface area contributed by atoms with E-state index in [9.17, 15) is 14.4 Å². The molecular formula is C28H30N4O3. The molecule has 3 aromatic carbocycles. The molecule has 0 saturated carbocycles. The van der Waals surface area contributed by atoms with Gasteiger partial charge in [-0.2, -0.15) is 0 Å². The SMILES string of the molecule is CCN(C(=O)c1ccc(NCC(=O)Nc2ccc(C(=O)N3CCCC3)cc2)cc1)c1ccccc1. The number of para-hydroxylation sites is 1. The van der Waals surface area contributed by atoms with E-state index in [0.717, 1.165) is 37.3 Å². The number of hydrogen-bond acceptors (Lipinski definition) is 4. The third-order valence-electron chi connectivity index (χ3n) is 6.02. The molecule has 3 amide bonds. The molecule has 0 radical (unpaired) electrons. The van der Waals surface area contributed by atoms with E-state index in [1.807, 2.05) is 42.2 Å². The van der Waals surface area contributed by atoms with Crippen molar-refractivity contribution >= 4 is 34.8 Å². The Hall–Kier alpha value is -4.13. The maximum absolute atomic E-state index is 12.9. The van der Waals surface area contributed by atoms with Crippen molar-refractivity contribution in [2.24, 2.45) is 0 Å². The average molecular weight is 471 g/mol. The number of anilines is 3. The van der Waals surface area contributed by atoms with Crippen molar-refractivity contribution in [1.82, 2.24) is 4.90 Å². The summed E-state index contributed by atoms with van der Waals surface area (Å²) >= 11 is 0. The molecule has 1 fully saturated rings. The molecule has 3 aromatic rings. The molecule has 1 heterocycles. The Morgan fingerprint density at radius 3 is 2.03 bits per heavy atom. The van der Waals surface area contributed by atoms with Gasteiger partial charge in [-0.3, -0.25) is 14.4 Å². The van der Waals surface area contributed by atoms with E-state index in [4.69, 9.17) is 0 Å². The number of rotatable bonds is 8. The van der Waals surface area contributed by atoms with Crippen molar-refractivity contribution < 1.29 is 14.4 Å². The first-order chi connectivity index (χ1) is 17.0. The Balaban J connectivity index is 1.28. The topological polar surface area (TPSA) is 81.8 Å². The summed E-state index contributed by atoms with van der Waals surface area (Å²) in [6.07, 6.45) is 2.10. The summed E-state index contributed by atoms with van der Waals surface area (Å²) in [6.45, 7) is 4.20. The Bertz CT molecular complexity index is 1160. The number of carbonyl (C=O) groups is 3. The third kappa shape index (κ3) is 6.06. The quantitative estimate of drug-likeness (QED) is 0.503. The summed E-state index contributed by atoms with van der Waals surface area (Å²) in [7, 11) is 0. The van der Waals surface area contributed by atoms with Crippen LogP contribution in [-0.2, 0) is 4.79 Å². The predicted octanol–water partition coefficient (Wildman–Crippen LogP) is 4.64. The lowest BCUT2D eigenvalue weighted by Crippen LogP contribution is -2.30. The Labute approximate surface area is 205 Å². The molecular weight excluding hydrogens is 440 g/mol. The molecule has 4 rings (SSSR count). The van der Waals surface area contributed by atoms with Crippen molar-refractivity contribution in [1.29, 1.82) is 0 Å². The summed E-state index contributed by atoms with van der Waals surface area (Å²) in [4.78, 5) is 41.3. The van der Waals surface area contributed by atoms with Gasteiger partial charge in [0.05, 0.1) is 6.54 Å². The van der Waals surface area contributed by atoms with E-state index in [-0.39, 0.29) is 24.3 Å². The molecule has 35 heavy (non-hydrogen) atoms. The van der Waals surface area contributed by atoms with Crippen molar-refractivity contribution in [3.8, 4) is 0 Å². The highest BCUT2D eigenvalue weighted by Crippen LogP contribution is 2.19. The van der Waals surface area contributed by atoms with Crippen LogP contribution in [0.2, 0.25) is 0 Å². The average Bonchev–Trinajstić information content (AvgIpc) is 3.44. The largest absolute Gasteiger partial charge is 0.376 e. The van der Waals surface area contributed by atoms with Gasteiger partial charge >= 0.3 is 0 Å². The summed E-state index contributed by atoms with van der Waals surface area (Å²) < 4.78 is 0. The van der Waals surface area contributed by atoms with Gasteiger partial charge in [0, 0.05) is 47.8 Å². The minimum atomic E-state index is -0.204. The summed E-state index contributed by atoms with van der Waals surface area (Å²) in [5.74, 6) is -0.241. The molecule has 1 saturated heterocycles. The monoisotopic (exact) mass is 470 g/mol. The molecule has 0 unspecified atom stereocenters. The number of hydrogen-bond donors (Lipinski definition) is 2. The van der Waals surface area contributed by atoms with Crippen LogP contribution in [-0.4, -0.2) is 48.8 Å². The van der Waals surface area contributed by atoms with E-state index in [2.05, 4.69) is 10.6 Å². The Morgan fingerprint density at radius 1 is 0.800 bits per heavy atom. The van der Waals surface area contributed by atoms with Gasteiger partial charge in [-0.05, 0) is 80.4 Å². The van der Waals surface area contributed by atoms with Crippen LogP contribution < -0.4 is 15.5 Å². The molecule has 0 bridgehead atoms. The molecule has 180 valence electrons. The van der Waals surface area contributed by atoms with Crippen LogP contribution in [0.25, 0.3) is 0 Å². The number of nitrogens with zero attached hydrogens (tertiary/aromatic N) is 2. The third-order valence-corrected chi connectivity index (χ3v) is 6.02. The first-order valence-corrected chi connectivity index (χ1v) is 11.9. The number of amides is 3. The fraction of sp³-hybridized carbons (Fsp3) is 0.250. The minimum absolute atomic E-state index is 0.0368. The van der Waals surface area contributed by atoms with E-state index in [1.54, 1.807) is 53.4 Å². The number of benzene rings is 3. The summed E-state index contributed by atoms with van der Waals surface area (Å²) in [6, 6.07) is 23.6. The minimum Gasteiger partial charge on any atom is -0.376 e. The molecule has 0 atom stereocenters. The zero-order valence-corrected chi connectivity index (χ0v) is 19.9. The second-order valence-corrected chi connectivity index (χ2v) is 8.44. The Morgan fingerprint density at radius 2 is 1.40 bits per heavy atom. The van der Waals surface area contributed by atoms with Crippen LogP contribution in [0.5, 0.6) is 0 Å². The summed E-state index contributed by atoms with van der Waals surface area (Å²) in [5.41, 5.74) is 3.44. The van der Waals surface area contributed by atoms with Gasteiger partial charge in [-0.25, -0.2) is 0 Å². The van der Waals surface area contributed by atoms with Gasteiger partial charge in [-0.15, -0.1) is 0 Å². The molecule has 2 N–H and O–H groups in total. The highest BCUT2D eigenvalue weighted by Gasteiger charge is 2.19. The highest BCUT2D eigenvalue weighted by atomic mass is 16.2. The van der Waals surface area contributed by atoms with Crippen molar-refractivity contribution in [2.75, 3.05) is 41.7 Å². The molecule has 0 aromatic heterocycles. The van der Waals surface area contributed by atoms with Crippen LogP contribution >= 0.6 is 0 Å². The van der Waals surface area contributed by atoms with E-state index < -0.39 is 0 Å². The molecule has 7 heteroatoms. The summed E-state index contributed by atoms with van der Waals surface area (Å²) in [5, 5.41) is 5.91. The normalized spacial score (nSPS) is 12.8. The fourth-order valence-corrected chi connectivity index (χ4v) is 4.12. The van der Waals surface area contributed by atoms with Gasteiger partial charge < -0.3 is 20.4 Å². The van der Waals surface area contributed by atoms with Gasteiger partial charge in [0.2, 0.25) is 5.91 Å². The second kappa shape index (κ2) is 11.3. The van der Waals surface area contributed by atoms with Gasteiger partial charge in [-0.1, -0.05) is 18.2 Å². The molecule has 7 nitrogen and oxygen atoms in total. The molecule has 0 aliphatic carbocycles. The zero-order valence-electron chi connectivity index (χ0n) is 19.9. The number of likely N-dealkylation sites (tertiary alicyclic amines) is 1. The van der Waals surface area contributed by atoms with Gasteiger partial charge in [0.25, 0.3) is 11.8 Å². The molecule has 1 aliphatic heterocycles. The van der Waals surface area contributed by atoms with Gasteiger partial charge in [0.15, 0.2) is 0 Å². The van der Waals surface area contributed by atoms with Crippen LogP contribution in [0, 0.1) is 0 Å². The van der Waals surface area contributed by atoms with Crippen LogP contribution in [0.4, 0.5) is 17.1 Å². The first-order valence-electron chi connectivity index (χ1n) is 11.9. The standard InChI is InChI=1S/C28H30N4O3/c1-2-32(25-8-4-3-5-9-25)28(35)22-10-14-23(15-11-22)29-20-26(33)30-24-16-12-21(13-17-24)27(34)31-18-6-7-19-31/h3-5,8-17,29H,2,6-7,18-20H2,1H3,(H,30,33). The smallest absolute Gasteiger partial charge is 0.258 e. The van der Waals surface area contributed by atoms with Crippen LogP contribution in [0.15, 0.2) is 78.9 Å². The first kappa shape index (κ1) is 24.0. The van der Waals surface area contributed by atoms with Crippen molar-refractivity contribution in [3.63, 3.8) is 0 Å². The lowest BCUT2D eigenvalue weighted by molar-refractivity contribution is -0.114. The zero-order chi connectivity index (χ0) is 24.6. The number of carbonyl (C=O) groups excluding carboxylic acids is 3. The lowest BCUT2D eigenvalue weighted by Gasteiger charge is -2.21. The molecule has 1 aliphatic rings. The van der Waals surface area contributed by atoms with E-state index >= 15 is 0 Å².